The molecule has 1 aromatic carbocycles. The molecule has 0 radical (unpaired) electrons. The Bertz CT molecular complexity index is 686. The molecule has 3 nitrogen and oxygen atoms in total. The summed E-state index contributed by atoms with van der Waals surface area (Å²) in [4.78, 5) is 15.2. The molecule has 1 aliphatic rings. The van der Waals surface area contributed by atoms with Gasteiger partial charge in [0.2, 0.25) is 0 Å². The minimum Gasteiger partial charge on any atom is -0.338 e. The lowest BCUT2D eigenvalue weighted by Crippen LogP contribution is -2.29. The van der Waals surface area contributed by atoms with E-state index >= 15 is 0 Å². The van der Waals surface area contributed by atoms with Gasteiger partial charge in [0.05, 0.1) is 5.02 Å². The van der Waals surface area contributed by atoms with Crippen LogP contribution in [0, 0.1) is 5.92 Å². The van der Waals surface area contributed by atoms with E-state index in [2.05, 4.69) is 5.32 Å². The van der Waals surface area contributed by atoms with Crippen molar-refractivity contribution in [3.8, 4) is 0 Å². The fourth-order valence-corrected chi connectivity index (χ4v) is 4.55. The van der Waals surface area contributed by atoms with Crippen molar-refractivity contribution in [2.24, 2.45) is 5.92 Å². The van der Waals surface area contributed by atoms with Crippen molar-refractivity contribution in [1.29, 1.82) is 0 Å². The maximum absolute atomic E-state index is 12.7. The summed E-state index contributed by atoms with van der Waals surface area (Å²) in [5.74, 6) is 0.567. The first-order valence-electron chi connectivity index (χ1n) is 6.91. The average Bonchev–Trinajstić information content (AvgIpc) is 3.04. The molecule has 2 heterocycles. The van der Waals surface area contributed by atoms with Crippen LogP contribution >= 0.6 is 34.5 Å². The standard InChI is InChI=1S/C15H16Cl2N2OS/c1-18-7-9-4-5-19(8-9)15(20)14-13(17)11-3-2-10(16)6-12(11)21-14/h2-3,6,9,18H,4-5,7-8H2,1H3. The third-order valence-corrected chi connectivity index (χ3v) is 5.73. The number of carbonyl (C=O) groups is 1. The lowest BCUT2D eigenvalue weighted by atomic mass is 10.1. The van der Waals surface area contributed by atoms with Gasteiger partial charge >= 0.3 is 0 Å². The van der Waals surface area contributed by atoms with Crippen LogP contribution in [0.4, 0.5) is 0 Å². The van der Waals surface area contributed by atoms with Gasteiger partial charge in [-0.2, -0.15) is 0 Å². The van der Waals surface area contributed by atoms with Gasteiger partial charge in [0.1, 0.15) is 4.88 Å². The molecular weight excluding hydrogens is 327 g/mol. The van der Waals surface area contributed by atoms with Crippen molar-refractivity contribution < 1.29 is 4.79 Å². The van der Waals surface area contributed by atoms with E-state index in [4.69, 9.17) is 23.2 Å². The number of thiophene rings is 1. The minimum absolute atomic E-state index is 0.0379. The molecule has 0 bridgehead atoms. The van der Waals surface area contributed by atoms with Crippen LogP contribution in [0.15, 0.2) is 18.2 Å². The van der Waals surface area contributed by atoms with E-state index in [-0.39, 0.29) is 5.91 Å². The van der Waals surface area contributed by atoms with Gasteiger partial charge in [0, 0.05) is 28.2 Å². The van der Waals surface area contributed by atoms with Crippen molar-refractivity contribution in [2.75, 3.05) is 26.7 Å². The van der Waals surface area contributed by atoms with Gasteiger partial charge in [0.15, 0.2) is 0 Å². The molecular formula is C15H16Cl2N2OS. The normalized spacial score (nSPS) is 18.6. The first kappa shape index (κ1) is 15.1. The molecule has 0 aliphatic carbocycles. The van der Waals surface area contributed by atoms with Crippen LogP contribution < -0.4 is 5.32 Å². The second-order valence-electron chi connectivity index (χ2n) is 5.35. The lowest BCUT2D eigenvalue weighted by molar-refractivity contribution is 0.0792. The molecule has 1 aromatic heterocycles. The summed E-state index contributed by atoms with van der Waals surface area (Å²) in [6.07, 6.45) is 1.04. The number of amides is 1. The zero-order chi connectivity index (χ0) is 15.0. The SMILES string of the molecule is CNCC1CCN(C(=O)c2sc3cc(Cl)ccc3c2Cl)C1. The highest BCUT2D eigenvalue weighted by molar-refractivity contribution is 7.21. The molecule has 0 spiro atoms. The Labute approximate surface area is 137 Å². The molecule has 1 amide bonds. The first-order chi connectivity index (χ1) is 10.1. The molecule has 3 rings (SSSR count). The maximum Gasteiger partial charge on any atom is 0.265 e. The number of benzene rings is 1. The number of hydrogen-bond acceptors (Lipinski definition) is 3. The van der Waals surface area contributed by atoms with Crippen molar-refractivity contribution in [3.05, 3.63) is 33.1 Å². The number of carbonyl (C=O) groups excluding carboxylic acids is 1. The Hall–Kier alpha value is -0.810. The smallest absolute Gasteiger partial charge is 0.265 e. The largest absolute Gasteiger partial charge is 0.338 e. The number of nitrogens with zero attached hydrogens (tertiary/aromatic N) is 1. The second-order valence-corrected chi connectivity index (χ2v) is 7.22. The molecule has 2 aromatic rings. The lowest BCUT2D eigenvalue weighted by Gasteiger charge is -2.15. The minimum atomic E-state index is 0.0379. The van der Waals surface area contributed by atoms with Crippen molar-refractivity contribution in [3.63, 3.8) is 0 Å². The van der Waals surface area contributed by atoms with Crippen LogP contribution in [0.2, 0.25) is 10.0 Å². The summed E-state index contributed by atoms with van der Waals surface area (Å²) in [7, 11) is 1.94. The average molecular weight is 343 g/mol. The summed E-state index contributed by atoms with van der Waals surface area (Å²) in [5.41, 5.74) is 0. The Morgan fingerprint density at radius 1 is 1.48 bits per heavy atom. The molecule has 112 valence electrons. The number of halogens is 2. The highest BCUT2D eigenvalue weighted by Gasteiger charge is 2.29. The number of fused-ring (bicyclic) bond motifs is 1. The maximum atomic E-state index is 12.7. The predicted molar refractivity (Wildman–Crippen MR) is 89.8 cm³/mol. The van der Waals surface area contributed by atoms with Gasteiger partial charge in [-0.05, 0) is 38.1 Å². The summed E-state index contributed by atoms with van der Waals surface area (Å²) >= 11 is 13.8. The van der Waals surface area contributed by atoms with Gasteiger partial charge in [0.25, 0.3) is 5.91 Å². The monoisotopic (exact) mass is 342 g/mol. The Morgan fingerprint density at radius 3 is 3.05 bits per heavy atom. The van der Waals surface area contributed by atoms with Crippen LogP contribution in [0.25, 0.3) is 10.1 Å². The van der Waals surface area contributed by atoms with Crippen LogP contribution in [0.5, 0.6) is 0 Å². The Balaban J connectivity index is 1.87. The fourth-order valence-electron chi connectivity index (χ4n) is 2.79. The third-order valence-electron chi connectivity index (χ3n) is 3.85. The third kappa shape index (κ3) is 2.90. The van der Waals surface area contributed by atoms with E-state index in [0.717, 1.165) is 36.1 Å². The molecule has 1 fully saturated rings. The van der Waals surface area contributed by atoms with Gasteiger partial charge in [-0.25, -0.2) is 0 Å². The molecule has 1 N–H and O–H groups in total. The highest BCUT2D eigenvalue weighted by Crippen LogP contribution is 2.37. The van der Waals surface area contributed by atoms with Crippen LogP contribution in [-0.2, 0) is 0 Å². The topological polar surface area (TPSA) is 32.3 Å². The number of likely N-dealkylation sites (tertiary alicyclic amines) is 1. The van der Waals surface area contributed by atoms with Crippen LogP contribution in [-0.4, -0.2) is 37.5 Å². The van der Waals surface area contributed by atoms with Crippen molar-refractivity contribution in [2.45, 2.75) is 6.42 Å². The van der Waals surface area contributed by atoms with E-state index in [0.29, 0.717) is 20.8 Å². The van der Waals surface area contributed by atoms with E-state index in [1.54, 1.807) is 6.07 Å². The Morgan fingerprint density at radius 2 is 2.29 bits per heavy atom. The molecule has 1 saturated heterocycles. The van der Waals surface area contributed by atoms with Crippen LogP contribution in [0.3, 0.4) is 0 Å². The number of nitrogens with one attached hydrogen (secondary N) is 1. The molecule has 1 unspecified atom stereocenters. The molecule has 6 heteroatoms. The number of hydrogen-bond donors (Lipinski definition) is 1. The van der Waals surface area contributed by atoms with E-state index < -0.39 is 0 Å². The van der Waals surface area contributed by atoms with Crippen LogP contribution in [0.1, 0.15) is 16.1 Å². The van der Waals surface area contributed by atoms with Gasteiger partial charge < -0.3 is 10.2 Å². The van der Waals surface area contributed by atoms with E-state index in [9.17, 15) is 4.79 Å². The van der Waals surface area contributed by atoms with E-state index in [1.165, 1.54) is 11.3 Å². The summed E-state index contributed by atoms with van der Waals surface area (Å²) in [6.45, 7) is 2.54. The Kier molecular flexibility index (Phi) is 4.41. The molecule has 1 aliphatic heterocycles. The molecule has 21 heavy (non-hydrogen) atoms. The summed E-state index contributed by atoms with van der Waals surface area (Å²) in [5, 5.41) is 5.29. The van der Waals surface area contributed by atoms with Gasteiger partial charge in [-0.3, -0.25) is 4.79 Å². The van der Waals surface area contributed by atoms with Gasteiger partial charge in [-0.15, -0.1) is 11.3 Å². The zero-order valence-corrected chi connectivity index (χ0v) is 14.0. The first-order valence-corrected chi connectivity index (χ1v) is 8.49. The predicted octanol–water partition coefficient (Wildman–Crippen LogP) is 3.89. The summed E-state index contributed by atoms with van der Waals surface area (Å²) < 4.78 is 0.960. The zero-order valence-electron chi connectivity index (χ0n) is 11.7. The molecule has 1 atom stereocenters. The quantitative estimate of drug-likeness (QED) is 0.917. The number of rotatable bonds is 3. The van der Waals surface area contributed by atoms with Gasteiger partial charge in [-0.1, -0.05) is 29.3 Å². The van der Waals surface area contributed by atoms with Crippen molar-refractivity contribution in [1.82, 2.24) is 10.2 Å². The molecule has 0 saturated carbocycles. The summed E-state index contributed by atoms with van der Waals surface area (Å²) in [6, 6.07) is 5.54. The van der Waals surface area contributed by atoms with Crippen molar-refractivity contribution >= 4 is 50.5 Å². The highest BCUT2D eigenvalue weighted by atomic mass is 35.5. The second kappa shape index (κ2) is 6.13. The van der Waals surface area contributed by atoms with E-state index in [1.807, 2.05) is 24.1 Å². The fraction of sp³-hybridized carbons (Fsp3) is 0.400.